The molecular weight excluding hydrogens is 429 g/mol. The molecule has 174 valence electrons. The standard InChI is InChI=1S/C31H30BNO2/c1-21-20-23(32-34-30(2,3)31(4,5)35-32)16-19-25(21)22-14-17-24(18-15-22)33-28-12-8-6-10-26(28)27-11-7-9-13-29(27)33/h6-20H,1-5H3. The molecule has 35 heavy (non-hydrogen) atoms. The van der Waals surface area contributed by atoms with Crippen LogP contribution in [0.5, 0.6) is 0 Å². The highest BCUT2D eigenvalue weighted by molar-refractivity contribution is 6.62. The van der Waals surface area contributed by atoms with Crippen molar-refractivity contribution in [3.8, 4) is 16.8 Å². The molecule has 1 fully saturated rings. The molecule has 1 aliphatic heterocycles. The van der Waals surface area contributed by atoms with Crippen LogP contribution in [-0.2, 0) is 9.31 Å². The van der Waals surface area contributed by atoms with Crippen molar-refractivity contribution in [2.75, 3.05) is 0 Å². The summed E-state index contributed by atoms with van der Waals surface area (Å²) >= 11 is 0. The first kappa shape index (κ1) is 22.1. The van der Waals surface area contributed by atoms with Gasteiger partial charge in [-0.2, -0.15) is 0 Å². The maximum absolute atomic E-state index is 6.25. The predicted molar refractivity (Wildman–Crippen MR) is 147 cm³/mol. The van der Waals surface area contributed by atoms with Crippen molar-refractivity contribution in [1.29, 1.82) is 0 Å². The van der Waals surface area contributed by atoms with Gasteiger partial charge in [0.1, 0.15) is 0 Å². The normalized spacial score (nSPS) is 16.9. The smallest absolute Gasteiger partial charge is 0.399 e. The highest BCUT2D eigenvalue weighted by Gasteiger charge is 2.51. The van der Waals surface area contributed by atoms with E-state index in [9.17, 15) is 0 Å². The van der Waals surface area contributed by atoms with Crippen molar-refractivity contribution < 1.29 is 9.31 Å². The summed E-state index contributed by atoms with van der Waals surface area (Å²) in [7, 11) is -0.342. The minimum absolute atomic E-state index is 0.340. The van der Waals surface area contributed by atoms with Gasteiger partial charge in [0, 0.05) is 16.5 Å². The molecule has 0 unspecified atom stereocenters. The maximum Gasteiger partial charge on any atom is 0.494 e. The zero-order valence-corrected chi connectivity index (χ0v) is 21.0. The van der Waals surface area contributed by atoms with E-state index in [0.717, 1.165) is 11.2 Å². The second kappa shape index (κ2) is 7.84. The van der Waals surface area contributed by atoms with Gasteiger partial charge < -0.3 is 13.9 Å². The third-order valence-electron chi connectivity index (χ3n) is 7.79. The van der Waals surface area contributed by atoms with Crippen molar-refractivity contribution in [3.63, 3.8) is 0 Å². The minimum atomic E-state index is -0.342. The lowest BCUT2D eigenvalue weighted by molar-refractivity contribution is 0.00578. The molecule has 1 saturated heterocycles. The van der Waals surface area contributed by atoms with Crippen molar-refractivity contribution in [1.82, 2.24) is 4.57 Å². The van der Waals surface area contributed by atoms with Gasteiger partial charge in [0.2, 0.25) is 0 Å². The van der Waals surface area contributed by atoms with Crippen LogP contribution in [0.3, 0.4) is 0 Å². The Kier molecular flexibility index (Phi) is 4.96. The Morgan fingerprint density at radius 2 is 1.20 bits per heavy atom. The van der Waals surface area contributed by atoms with Gasteiger partial charge in [0.25, 0.3) is 0 Å². The number of fused-ring (bicyclic) bond motifs is 3. The highest BCUT2D eigenvalue weighted by Crippen LogP contribution is 2.37. The molecule has 2 heterocycles. The molecule has 0 saturated carbocycles. The molecular formula is C31H30BNO2. The van der Waals surface area contributed by atoms with Gasteiger partial charge in [-0.3, -0.25) is 0 Å². The first-order valence-corrected chi connectivity index (χ1v) is 12.3. The Hall–Kier alpha value is -3.34. The predicted octanol–water partition coefficient (Wildman–Crippen LogP) is 7.06. The lowest BCUT2D eigenvalue weighted by Crippen LogP contribution is -2.41. The van der Waals surface area contributed by atoms with Crippen molar-refractivity contribution in [2.24, 2.45) is 0 Å². The molecule has 0 atom stereocenters. The number of para-hydroxylation sites is 2. The van der Waals surface area contributed by atoms with Crippen LogP contribution in [0.25, 0.3) is 38.6 Å². The summed E-state index contributed by atoms with van der Waals surface area (Å²) < 4.78 is 14.9. The summed E-state index contributed by atoms with van der Waals surface area (Å²) in [4.78, 5) is 0. The maximum atomic E-state index is 6.25. The molecule has 4 aromatic carbocycles. The average Bonchev–Trinajstić information content (AvgIpc) is 3.29. The summed E-state index contributed by atoms with van der Waals surface area (Å²) in [6.07, 6.45) is 0. The number of hydrogen-bond donors (Lipinski definition) is 0. The Bertz CT molecular complexity index is 1490. The van der Waals surface area contributed by atoms with E-state index in [0.29, 0.717) is 0 Å². The van der Waals surface area contributed by atoms with Gasteiger partial charge in [0.05, 0.1) is 22.2 Å². The van der Waals surface area contributed by atoms with Gasteiger partial charge in [-0.1, -0.05) is 66.7 Å². The molecule has 1 aliphatic rings. The van der Waals surface area contributed by atoms with E-state index in [4.69, 9.17) is 9.31 Å². The molecule has 0 spiro atoms. The van der Waals surface area contributed by atoms with E-state index in [1.807, 2.05) is 0 Å². The number of hydrogen-bond acceptors (Lipinski definition) is 2. The van der Waals surface area contributed by atoms with E-state index in [2.05, 4.69) is 130 Å². The first-order valence-electron chi connectivity index (χ1n) is 12.3. The fraction of sp³-hybridized carbons (Fsp3) is 0.226. The summed E-state index contributed by atoms with van der Waals surface area (Å²) in [5.41, 5.74) is 7.63. The SMILES string of the molecule is Cc1cc(B2OC(C)(C)C(C)(C)O2)ccc1-c1ccc(-n2c3ccccc3c3ccccc32)cc1. The number of aromatic nitrogens is 1. The molecule has 0 amide bonds. The number of aryl methyl sites for hydroxylation is 1. The molecule has 3 nitrogen and oxygen atoms in total. The first-order chi connectivity index (χ1) is 16.7. The van der Waals surface area contributed by atoms with Crippen LogP contribution < -0.4 is 5.46 Å². The van der Waals surface area contributed by atoms with Crippen LogP contribution in [-0.4, -0.2) is 22.9 Å². The number of rotatable bonds is 3. The fourth-order valence-corrected chi connectivity index (χ4v) is 5.13. The zero-order valence-electron chi connectivity index (χ0n) is 21.0. The van der Waals surface area contributed by atoms with Gasteiger partial charge in [0.15, 0.2) is 0 Å². The van der Waals surface area contributed by atoms with Crippen LogP contribution >= 0.6 is 0 Å². The van der Waals surface area contributed by atoms with Crippen molar-refractivity contribution >= 4 is 34.4 Å². The van der Waals surface area contributed by atoms with Crippen LogP contribution in [0.4, 0.5) is 0 Å². The van der Waals surface area contributed by atoms with Gasteiger partial charge in [-0.05, 0) is 81.0 Å². The Balaban J connectivity index is 1.35. The van der Waals surface area contributed by atoms with Crippen LogP contribution in [0.1, 0.15) is 33.3 Å². The third kappa shape index (κ3) is 3.52. The summed E-state index contributed by atoms with van der Waals surface area (Å²) in [6, 6.07) is 32.6. The number of nitrogens with zero attached hydrogens (tertiary/aromatic N) is 1. The Labute approximate surface area is 207 Å². The molecule has 0 N–H and O–H groups in total. The summed E-state index contributed by atoms with van der Waals surface area (Å²) in [5, 5.41) is 2.56. The van der Waals surface area contributed by atoms with Gasteiger partial charge >= 0.3 is 7.12 Å². The molecule has 0 bridgehead atoms. The topological polar surface area (TPSA) is 23.4 Å². The molecule has 1 aromatic heterocycles. The second-order valence-corrected chi connectivity index (χ2v) is 10.6. The van der Waals surface area contributed by atoms with Crippen molar-refractivity contribution in [3.05, 3.63) is 96.6 Å². The van der Waals surface area contributed by atoms with E-state index in [1.165, 1.54) is 38.5 Å². The minimum Gasteiger partial charge on any atom is -0.399 e. The Morgan fingerprint density at radius 3 is 1.74 bits per heavy atom. The van der Waals surface area contributed by atoms with Crippen LogP contribution in [0.2, 0.25) is 0 Å². The van der Waals surface area contributed by atoms with E-state index in [1.54, 1.807) is 0 Å². The van der Waals surface area contributed by atoms with Gasteiger partial charge in [-0.25, -0.2) is 0 Å². The zero-order chi connectivity index (χ0) is 24.4. The lowest BCUT2D eigenvalue weighted by Gasteiger charge is -2.32. The fourth-order valence-electron chi connectivity index (χ4n) is 5.13. The quantitative estimate of drug-likeness (QED) is 0.270. The summed E-state index contributed by atoms with van der Waals surface area (Å²) in [6.45, 7) is 10.5. The molecule has 6 rings (SSSR count). The largest absolute Gasteiger partial charge is 0.494 e. The van der Waals surface area contributed by atoms with E-state index < -0.39 is 0 Å². The second-order valence-electron chi connectivity index (χ2n) is 10.6. The monoisotopic (exact) mass is 459 g/mol. The Morgan fingerprint density at radius 1 is 0.657 bits per heavy atom. The number of benzene rings is 4. The molecule has 5 aromatic rings. The van der Waals surface area contributed by atoms with Crippen LogP contribution in [0, 0.1) is 6.92 Å². The van der Waals surface area contributed by atoms with Crippen LogP contribution in [0.15, 0.2) is 91.0 Å². The molecule has 0 radical (unpaired) electrons. The summed E-state index contributed by atoms with van der Waals surface area (Å²) in [5.74, 6) is 0. The molecule has 4 heteroatoms. The molecule has 0 aliphatic carbocycles. The third-order valence-corrected chi connectivity index (χ3v) is 7.79. The highest BCUT2D eigenvalue weighted by atomic mass is 16.7. The van der Waals surface area contributed by atoms with Gasteiger partial charge in [-0.15, -0.1) is 0 Å². The van der Waals surface area contributed by atoms with Crippen molar-refractivity contribution in [2.45, 2.75) is 45.8 Å². The average molecular weight is 459 g/mol. The van der Waals surface area contributed by atoms with E-state index >= 15 is 0 Å². The lowest BCUT2D eigenvalue weighted by atomic mass is 9.77. The van der Waals surface area contributed by atoms with E-state index in [-0.39, 0.29) is 18.3 Å².